The molecule has 0 bridgehead atoms. The summed E-state index contributed by atoms with van der Waals surface area (Å²) in [7, 11) is 0. The maximum absolute atomic E-state index is 5.45. The fourth-order valence-corrected chi connectivity index (χ4v) is 2.00. The van der Waals surface area contributed by atoms with Crippen LogP contribution in [0.1, 0.15) is 27.2 Å². The summed E-state index contributed by atoms with van der Waals surface area (Å²) in [5.41, 5.74) is 1.09. The van der Waals surface area contributed by atoms with Gasteiger partial charge in [0.2, 0.25) is 0 Å². The average molecular weight is 226 g/mol. The molecule has 0 radical (unpaired) electrons. The molecule has 3 nitrogen and oxygen atoms in total. The highest BCUT2D eigenvalue weighted by Gasteiger charge is 2.23. The van der Waals surface area contributed by atoms with Crippen LogP contribution in [0.15, 0.2) is 12.2 Å². The molecule has 0 saturated carbocycles. The second-order valence-corrected chi connectivity index (χ2v) is 5.04. The number of likely N-dealkylation sites (tertiary alicyclic amines) is 1. The van der Waals surface area contributed by atoms with E-state index in [4.69, 9.17) is 4.74 Å². The molecule has 3 heteroatoms. The van der Waals surface area contributed by atoms with Crippen molar-refractivity contribution in [2.45, 2.75) is 39.3 Å². The van der Waals surface area contributed by atoms with Crippen molar-refractivity contribution in [3.05, 3.63) is 12.2 Å². The highest BCUT2D eigenvalue weighted by Crippen LogP contribution is 2.11. The van der Waals surface area contributed by atoms with Gasteiger partial charge in [0.05, 0.1) is 13.2 Å². The van der Waals surface area contributed by atoms with Crippen molar-refractivity contribution in [2.75, 3.05) is 32.8 Å². The van der Waals surface area contributed by atoms with E-state index in [9.17, 15) is 0 Å². The zero-order valence-electron chi connectivity index (χ0n) is 11.0. The highest BCUT2D eigenvalue weighted by molar-refractivity contribution is 4.87. The van der Waals surface area contributed by atoms with Gasteiger partial charge in [0.1, 0.15) is 0 Å². The Morgan fingerprint density at radius 2 is 2.31 bits per heavy atom. The molecule has 0 aromatic rings. The monoisotopic (exact) mass is 226 g/mol. The maximum atomic E-state index is 5.45. The fourth-order valence-electron chi connectivity index (χ4n) is 2.00. The number of hydrogen-bond acceptors (Lipinski definition) is 3. The minimum Gasteiger partial charge on any atom is -0.376 e. The first-order valence-electron chi connectivity index (χ1n) is 6.29. The molecule has 1 N–H and O–H groups in total. The van der Waals surface area contributed by atoms with E-state index in [0.29, 0.717) is 18.7 Å². The van der Waals surface area contributed by atoms with Gasteiger partial charge in [-0.1, -0.05) is 12.2 Å². The number of rotatable bonds is 7. The van der Waals surface area contributed by atoms with Crippen LogP contribution >= 0.6 is 0 Å². The quantitative estimate of drug-likeness (QED) is 0.528. The lowest BCUT2D eigenvalue weighted by Gasteiger charge is -2.20. The van der Waals surface area contributed by atoms with Crippen LogP contribution in [0.5, 0.6) is 0 Å². The standard InChI is InChI=1S/C13H26N2O/c1-11(2)10-16-8-6-14-13-5-7-15(9-13)12(3)4/h12-14H,1,5-10H2,2-4H3. The molecule has 1 heterocycles. The minimum absolute atomic E-state index is 0.649. The first kappa shape index (κ1) is 13.7. The summed E-state index contributed by atoms with van der Waals surface area (Å²) in [5.74, 6) is 0. The summed E-state index contributed by atoms with van der Waals surface area (Å²) in [4.78, 5) is 2.52. The Kier molecular flexibility index (Phi) is 6.03. The van der Waals surface area contributed by atoms with Crippen LogP contribution in [0, 0.1) is 0 Å². The summed E-state index contributed by atoms with van der Waals surface area (Å²) in [6.07, 6.45) is 1.26. The number of hydrogen-bond donors (Lipinski definition) is 1. The summed E-state index contributed by atoms with van der Waals surface area (Å²) < 4.78 is 5.45. The van der Waals surface area contributed by atoms with E-state index < -0.39 is 0 Å². The number of ether oxygens (including phenoxy) is 1. The molecule has 1 saturated heterocycles. The summed E-state index contributed by atoms with van der Waals surface area (Å²) in [6, 6.07) is 1.32. The molecule has 1 atom stereocenters. The van der Waals surface area contributed by atoms with E-state index in [1.54, 1.807) is 0 Å². The van der Waals surface area contributed by atoms with E-state index in [2.05, 4.69) is 30.6 Å². The van der Waals surface area contributed by atoms with Crippen LogP contribution in [0.3, 0.4) is 0 Å². The Morgan fingerprint density at radius 3 is 2.88 bits per heavy atom. The first-order valence-corrected chi connectivity index (χ1v) is 6.29. The third kappa shape index (κ3) is 5.10. The molecular weight excluding hydrogens is 200 g/mol. The van der Waals surface area contributed by atoms with Gasteiger partial charge in [-0.25, -0.2) is 0 Å². The predicted octanol–water partition coefficient (Wildman–Crippen LogP) is 1.65. The van der Waals surface area contributed by atoms with Crippen molar-refractivity contribution in [2.24, 2.45) is 0 Å². The van der Waals surface area contributed by atoms with Gasteiger partial charge in [0.15, 0.2) is 0 Å². The van der Waals surface area contributed by atoms with Gasteiger partial charge in [-0.3, -0.25) is 4.90 Å². The summed E-state index contributed by atoms with van der Waals surface area (Å²) >= 11 is 0. The van der Waals surface area contributed by atoms with Crippen LogP contribution < -0.4 is 5.32 Å². The van der Waals surface area contributed by atoms with E-state index >= 15 is 0 Å². The Labute approximate surface area is 99.8 Å². The molecule has 0 spiro atoms. The van der Waals surface area contributed by atoms with Crippen LogP contribution in [-0.2, 0) is 4.74 Å². The van der Waals surface area contributed by atoms with Crippen molar-refractivity contribution in [3.63, 3.8) is 0 Å². The van der Waals surface area contributed by atoms with Crippen molar-refractivity contribution >= 4 is 0 Å². The Bertz CT molecular complexity index is 216. The molecule has 0 aromatic heterocycles. The van der Waals surface area contributed by atoms with Gasteiger partial charge < -0.3 is 10.1 Å². The summed E-state index contributed by atoms with van der Waals surface area (Å²) in [5, 5.41) is 3.54. The van der Waals surface area contributed by atoms with Crippen LogP contribution in [0.2, 0.25) is 0 Å². The lowest BCUT2D eigenvalue weighted by Crippen LogP contribution is -2.36. The third-order valence-corrected chi connectivity index (χ3v) is 2.98. The lowest BCUT2D eigenvalue weighted by molar-refractivity contribution is 0.155. The van der Waals surface area contributed by atoms with E-state index in [1.165, 1.54) is 19.5 Å². The second-order valence-electron chi connectivity index (χ2n) is 5.04. The van der Waals surface area contributed by atoms with E-state index in [1.807, 2.05) is 6.92 Å². The van der Waals surface area contributed by atoms with Crippen LogP contribution in [0.25, 0.3) is 0 Å². The van der Waals surface area contributed by atoms with Gasteiger partial charge in [0, 0.05) is 25.2 Å². The SMILES string of the molecule is C=C(C)COCCNC1CCN(C(C)C)C1. The first-order chi connectivity index (χ1) is 7.59. The number of nitrogens with one attached hydrogen (secondary N) is 1. The molecule has 1 aliphatic heterocycles. The Morgan fingerprint density at radius 1 is 1.56 bits per heavy atom. The van der Waals surface area contributed by atoms with Crippen molar-refractivity contribution < 1.29 is 4.74 Å². The molecule has 94 valence electrons. The Hall–Kier alpha value is -0.380. The molecule has 1 unspecified atom stereocenters. The molecule has 1 aliphatic rings. The van der Waals surface area contributed by atoms with E-state index in [-0.39, 0.29) is 0 Å². The van der Waals surface area contributed by atoms with Gasteiger partial charge in [-0.2, -0.15) is 0 Å². The molecule has 0 aliphatic carbocycles. The van der Waals surface area contributed by atoms with Gasteiger partial charge in [-0.05, 0) is 33.7 Å². The molecular formula is C13H26N2O. The molecule has 1 fully saturated rings. The van der Waals surface area contributed by atoms with Crippen LogP contribution in [-0.4, -0.2) is 49.8 Å². The van der Waals surface area contributed by atoms with Crippen LogP contribution in [0.4, 0.5) is 0 Å². The Balaban J connectivity index is 2.00. The fraction of sp³-hybridized carbons (Fsp3) is 0.846. The lowest BCUT2D eigenvalue weighted by atomic mass is 10.2. The highest BCUT2D eigenvalue weighted by atomic mass is 16.5. The molecule has 16 heavy (non-hydrogen) atoms. The van der Waals surface area contributed by atoms with Gasteiger partial charge in [0.25, 0.3) is 0 Å². The largest absolute Gasteiger partial charge is 0.376 e. The van der Waals surface area contributed by atoms with Crippen molar-refractivity contribution in [1.29, 1.82) is 0 Å². The van der Waals surface area contributed by atoms with E-state index in [0.717, 1.165) is 18.7 Å². The second kappa shape index (κ2) is 7.05. The zero-order valence-corrected chi connectivity index (χ0v) is 11.0. The molecule has 1 rings (SSSR count). The topological polar surface area (TPSA) is 24.5 Å². The minimum atomic E-state index is 0.649. The smallest absolute Gasteiger partial charge is 0.0672 e. The third-order valence-electron chi connectivity index (χ3n) is 2.98. The van der Waals surface area contributed by atoms with Gasteiger partial charge >= 0.3 is 0 Å². The maximum Gasteiger partial charge on any atom is 0.0672 e. The predicted molar refractivity (Wildman–Crippen MR) is 68.7 cm³/mol. The van der Waals surface area contributed by atoms with Crippen molar-refractivity contribution in [1.82, 2.24) is 10.2 Å². The normalized spacial score (nSPS) is 21.9. The number of nitrogens with zero attached hydrogens (tertiary/aromatic N) is 1. The average Bonchev–Trinajstić information content (AvgIpc) is 2.65. The summed E-state index contributed by atoms with van der Waals surface area (Å²) in [6.45, 7) is 15.1. The van der Waals surface area contributed by atoms with Crippen molar-refractivity contribution in [3.8, 4) is 0 Å². The molecule has 0 aromatic carbocycles. The van der Waals surface area contributed by atoms with Gasteiger partial charge in [-0.15, -0.1) is 0 Å². The zero-order chi connectivity index (χ0) is 12.0. The molecule has 0 amide bonds.